The van der Waals surface area contributed by atoms with E-state index in [0.717, 1.165) is 0 Å². The Morgan fingerprint density at radius 3 is 2.91 bits per heavy atom. The molecule has 0 radical (unpaired) electrons. The second-order valence-corrected chi connectivity index (χ2v) is 5.21. The zero-order valence-electron chi connectivity index (χ0n) is 12.8. The van der Waals surface area contributed by atoms with Gasteiger partial charge in [0.25, 0.3) is 0 Å². The molecule has 1 N–H and O–H groups in total. The van der Waals surface area contributed by atoms with Crippen molar-refractivity contribution < 1.29 is 28.5 Å². The third kappa shape index (κ3) is 2.99. The average molecular weight is 326 g/mol. The number of methoxy groups -OCH3 is 1. The highest BCUT2D eigenvalue weighted by atomic mass is 16.6. The van der Waals surface area contributed by atoms with Gasteiger partial charge in [-0.3, -0.25) is 0 Å². The van der Waals surface area contributed by atoms with Crippen molar-refractivity contribution in [1.82, 2.24) is 20.3 Å². The number of alkyl carbamates (subject to hydrolysis) is 1. The Hall–Kier alpha value is -2.20. The number of nitrogens with zero attached hydrogens (tertiary/aromatic N) is 3. The van der Waals surface area contributed by atoms with Gasteiger partial charge in [0.2, 0.25) is 0 Å². The van der Waals surface area contributed by atoms with Gasteiger partial charge in [-0.05, 0) is 6.92 Å². The second kappa shape index (κ2) is 6.50. The van der Waals surface area contributed by atoms with Gasteiger partial charge in [-0.15, -0.1) is 5.10 Å². The topological polar surface area (TPSA) is 114 Å². The Bertz CT molecular complexity index is 591. The van der Waals surface area contributed by atoms with Crippen LogP contribution in [-0.2, 0) is 18.9 Å². The molecule has 126 valence electrons. The lowest BCUT2D eigenvalue weighted by Gasteiger charge is -2.17. The van der Waals surface area contributed by atoms with E-state index in [-0.39, 0.29) is 30.6 Å². The summed E-state index contributed by atoms with van der Waals surface area (Å²) in [6.45, 7) is 2.87. The number of hydrogen-bond donors (Lipinski definition) is 1. The molecule has 10 heteroatoms. The van der Waals surface area contributed by atoms with Gasteiger partial charge in [-0.1, -0.05) is 5.21 Å². The standard InChI is InChI=1S/C13H18N4O6/c1-3-14-13(19)23-9-6-22-10-8(5-21-11(9)10)17-4-7(15-16-17)12(18)20-2/h4,8-11H,3,5-6H2,1-2H3,(H,14,19)/t8-,9-,10-,11+/m0/s1. The van der Waals surface area contributed by atoms with E-state index in [0.29, 0.717) is 13.2 Å². The van der Waals surface area contributed by atoms with E-state index in [1.165, 1.54) is 18.0 Å². The minimum absolute atomic E-state index is 0.115. The summed E-state index contributed by atoms with van der Waals surface area (Å²) in [5, 5.41) is 10.3. The lowest BCUT2D eigenvalue weighted by molar-refractivity contribution is 0.00317. The predicted molar refractivity (Wildman–Crippen MR) is 73.8 cm³/mol. The number of fused-ring (bicyclic) bond motifs is 1. The van der Waals surface area contributed by atoms with Crippen LogP contribution in [0.4, 0.5) is 4.79 Å². The first-order valence-electron chi connectivity index (χ1n) is 7.32. The van der Waals surface area contributed by atoms with Crippen molar-refractivity contribution in [3.63, 3.8) is 0 Å². The first kappa shape index (κ1) is 15.7. The fourth-order valence-electron chi connectivity index (χ4n) is 2.73. The van der Waals surface area contributed by atoms with Crippen LogP contribution in [0.25, 0.3) is 0 Å². The van der Waals surface area contributed by atoms with Crippen LogP contribution in [0, 0.1) is 0 Å². The maximum absolute atomic E-state index is 11.5. The van der Waals surface area contributed by atoms with Crippen LogP contribution < -0.4 is 5.32 Å². The van der Waals surface area contributed by atoms with Gasteiger partial charge >= 0.3 is 12.1 Å². The number of carbonyl (C=O) groups is 2. The van der Waals surface area contributed by atoms with Gasteiger partial charge in [0.1, 0.15) is 18.2 Å². The second-order valence-electron chi connectivity index (χ2n) is 5.21. The quantitative estimate of drug-likeness (QED) is 0.738. The number of nitrogens with one attached hydrogen (secondary N) is 1. The number of rotatable bonds is 4. The summed E-state index contributed by atoms with van der Waals surface area (Å²) in [5.41, 5.74) is 0.115. The first-order valence-corrected chi connectivity index (χ1v) is 7.32. The van der Waals surface area contributed by atoms with Crippen molar-refractivity contribution in [1.29, 1.82) is 0 Å². The number of hydrogen-bond acceptors (Lipinski definition) is 8. The minimum Gasteiger partial charge on any atom is -0.464 e. The van der Waals surface area contributed by atoms with Crippen molar-refractivity contribution in [3.8, 4) is 0 Å². The van der Waals surface area contributed by atoms with E-state index < -0.39 is 18.2 Å². The van der Waals surface area contributed by atoms with E-state index >= 15 is 0 Å². The highest BCUT2D eigenvalue weighted by Crippen LogP contribution is 2.35. The average Bonchev–Trinajstić information content (AvgIpc) is 3.23. The van der Waals surface area contributed by atoms with Gasteiger partial charge in [-0.25, -0.2) is 14.3 Å². The van der Waals surface area contributed by atoms with E-state index in [1.807, 2.05) is 0 Å². The number of aromatic nitrogens is 3. The maximum Gasteiger partial charge on any atom is 0.407 e. The smallest absolute Gasteiger partial charge is 0.407 e. The van der Waals surface area contributed by atoms with Crippen LogP contribution in [0.3, 0.4) is 0 Å². The molecule has 3 rings (SSSR count). The normalized spacial score (nSPS) is 29.1. The summed E-state index contributed by atoms with van der Waals surface area (Å²) in [6, 6.07) is -0.242. The lowest BCUT2D eigenvalue weighted by Crippen LogP contribution is -2.37. The van der Waals surface area contributed by atoms with E-state index in [9.17, 15) is 9.59 Å². The van der Waals surface area contributed by atoms with Crippen molar-refractivity contribution in [2.75, 3.05) is 26.9 Å². The SMILES string of the molecule is CCNC(=O)O[C@H]1CO[C@@H]2[C@@H]1OC[C@@H]2n1cc(C(=O)OC)nn1. The largest absolute Gasteiger partial charge is 0.464 e. The Morgan fingerprint density at radius 1 is 1.39 bits per heavy atom. The van der Waals surface area contributed by atoms with Crippen LogP contribution >= 0.6 is 0 Å². The van der Waals surface area contributed by atoms with E-state index in [1.54, 1.807) is 6.92 Å². The molecule has 0 aromatic carbocycles. The monoisotopic (exact) mass is 326 g/mol. The van der Waals surface area contributed by atoms with Gasteiger partial charge in [-0.2, -0.15) is 0 Å². The summed E-state index contributed by atoms with van der Waals surface area (Å²) in [6.07, 6.45) is -0.165. The molecule has 0 aliphatic carbocycles. The Morgan fingerprint density at radius 2 is 2.17 bits per heavy atom. The van der Waals surface area contributed by atoms with Crippen LogP contribution in [0.15, 0.2) is 6.20 Å². The summed E-state index contributed by atoms with van der Waals surface area (Å²) in [5.74, 6) is -0.559. The summed E-state index contributed by atoms with van der Waals surface area (Å²) in [4.78, 5) is 23.0. The van der Waals surface area contributed by atoms with E-state index in [4.69, 9.17) is 14.2 Å². The Labute approximate surface area is 132 Å². The molecular weight excluding hydrogens is 308 g/mol. The molecule has 0 spiro atoms. The molecule has 0 unspecified atom stereocenters. The predicted octanol–water partition coefficient (Wildman–Crippen LogP) is -0.482. The molecule has 3 heterocycles. The molecular formula is C13H18N4O6. The van der Waals surface area contributed by atoms with Gasteiger partial charge in [0.05, 0.1) is 26.5 Å². The summed E-state index contributed by atoms with van der Waals surface area (Å²) < 4.78 is 22.8. The number of carbonyl (C=O) groups excluding carboxylic acids is 2. The van der Waals surface area contributed by atoms with Gasteiger partial charge in [0, 0.05) is 6.54 Å². The summed E-state index contributed by atoms with van der Waals surface area (Å²) in [7, 11) is 1.28. The van der Waals surface area contributed by atoms with Crippen molar-refractivity contribution in [2.45, 2.75) is 31.3 Å². The molecule has 2 fully saturated rings. The zero-order valence-corrected chi connectivity index (χ0v) is 12.8. The van der Waals surface area contributed by atoms with Crippen LogP contribution in [-0.4, -0.2) is 72.2 Å². The minimum atomic E-state index is -0.559. The molecule has 1 amide bonds. The zero-order chi connectivity index (χ0) is 16.4. The number of ether oxygens (including phenoxy) is 4. The van der Waals surface area contributed by atoms with Crippen molar-refractivity contribution in [3.05, 3.63) is 11.9 Å². The molecule has 23 heavy (non-hydrogen) atoms. The van der Waals surface area contributed by atoms with Crippen LogP contribution in [0.5, 0.6) is 0 Å². The first-order chi connectivity index (χ1) is 11.1. The van der Waals surface area contributed by atoms with Gasteiger partial charge in [0.15, 0.2) is 11.8 Å². The molecule has 2 aliphatic rings. The molecule has 0 bridgehead atoms. The van der Waals surface area contributed by atoms with Crippen molar-refractivity contribution >= 4 is 12.1 Å². The highest BCUT2D eigenvalue weighted by Gasteiger charge is 2.50. The van der Waals surface area contributed by atoms with Gasteiger partial charge < -0.3 is 24.3 Å². The molecule has 0 saturated carbocycles. The molecule has 10 nitrogen and oxygen atoms in total. The summed E-state index contributed by atoms with van der Waals surface area (Å²) >= 11 is 0. The highest BCUT2D eigenvalue weighted by molar-refractivity contribution is 5.86. The fraction of sp³-hybridized carbons (Fsp3) is 0.692. The number of esters is 1. The molecule has 4 atom stereocenters. The Balaban J connectivity index is 1.66. The molecule has 1 aromatic heterocycles. The van der Waals surface area contributed by atoms with Crippen molar-refractivity contribution in [2.24, 2.45) is 0 Å². The van der Waals surface area contributed by atoms with Crippen LogP contribution in [0.2, 0.25) is 0 Å². The number of amides is 1. The maximum atomic E-state index is 11.5. The lowest BCUT2D eigenvalue weighted by atomic mass is 10.1. The van der Waals surface area contributed by atoms with Crippen LogP contribution in [0.1, 0.15) is 23.5 Å². The molecule has 2 aliphatic heterocycles. The third-order valence-corrected chi connectivity index (χ3v) is 3.81. The third-order valence-electron chi connectivity index (χ3n) is 3.81. The molecule has 1 aromatic rings. The molecule has 2 saturated heterocycles. The van der Waals surface area contributed by atoms with E-state index in [2.05, 4.69) is 20.4 Å². The fourth-order valence-corrected chi connectivity index (χ4v) is 2.73. The Kier molecular flexibility index (Phi) is 4.44.